The highest BCUT2D eigenvalue weighted by atomic mass is 16.5. The average Bonchev–Trinajstić information content (AvgIpc) is 3.13. The Bertz CT molecular complexity index is 1230. The van der Waals surface area contributed by atoms with Gasteiger partial charge in [0, 0.05) is 5.56 Å². The Balaban J connectivity index is 1.67. The average molecular weight is 385 g/mol. The molecule has 0 spiro atoms. The van der Waals surface area contributed by atoms with E-state index in [0.29, 0.717) is 47.0 Å². The van der Waals surface area contributed by atoms with Crippen molar-refractivity contribution in [2.75, 3.05) is 18.1 Å². The Kier molecular flexibility index (Phi) is 4.05. The molecule has 1 aliphatic rings. The third-order valence-corrected chi connectivity index (χ3v) is 5.17. The predicted molar refractivity (Wildman–Crippen MR) is 110 cm³/mol. The molecule has 0 atom stereocenters. The van der Waals surface area contributed by atoms with E-state index in [-0.39, 0.29) is 5.91 Å². The minimum atomic E-state index is -0.118. The molecule has 0 saturated heterocycles. The van der Waals surface area contributed by atoms with E-state index in [1.165, 1.54) is 0 Å². The van der Waals surface area contributed by atoms with Gasteiger partial charge in [0.25, 0.3) is 11.6 Å². The summed E-state index contributed by atoms with van der Waals surface area (Å²) in [6.45, 7) is 4.78. The van der Waals surface area contributed by atoms with Crippen molar-refractivity contribution in [3.63, 3.8) is 0 Å². The van der Waals surface area contributed by atoms with Crippen LogP contribution in [0.4, 0.5) is 5.69 Å². The van der Waals surface area contributed by atoms with E-state index in [2.05, 4.69) is 10.1 Å². The number of anilines is 1. The Labute approximate surface area is 167 Å². The summed E-state index contributed by atoms with van der Waals surface area (Å²) < 4.78 is 11.1. The van der Waals surface area contributed by atoms with Crippen LogP contribution in [0, 0.1) is 13.8 Å². The molecule has 144 valence electrons. The van der Waals surface area contributed by atoms with E-state index >= 15 is 0 Å². The lowest BCUT2D eigenvalue weighted by atomic mass is 10.0. The highest BCUT2D eigenvalue weighted by molar-refractivity contribution is 6.14. The molecule has 0 aliphatic carbocycles. The monoisotopic (exact) mass is 385 g/mol. The normalized spacial score (nSPS) is 13.2. The molecular weight excluding hydrogens is 366 g/mol. The Morgan fingerprint density at radius 3 is 2.69 bits per heavy atom. The molecule has 0 saturated carbocycles. The summed E-state index contributed by atoms with van der Waals surface area (Å²) in [7, 11) is 0. The van der Waals surface area contributed by atoms with Gasteiger partial charge in [-0.2, -0.15) is 0 Å². The minimum absolute atomic E-state index is 0.118. The summed E-state index contributed by atoms with van der Waals surface area (Å²) in [6, 6.07) is 17.4. The van der Waals surface area contributed by atoms with Crippen molar-refractivity contribution in [1.82, 2.24) is 10.1 Å². The molecule has 2 aromatic heterocycles. The fourth-order valence-corrected chi connectivity index (χ4v) is 3.66. The van der Waals surface area contributed by atoms with Crippen LogP contribution < -0.4 is 9.64 Å². The first kappa shape index (κ1) is 17.4. The third kappa shape index (κ3) is 2.93. The van der Waals surface area contributed by atoms with Gasteiger partial charge in [-0.1, -0.05) is 47.1 Å². The van der Waals surface area contributed by atoms with Crippen molar-refractivity contribution in [2.24, 2.45) is 0 Å². The van der Waals surface area contributed by atoms with Crippen LogP contribution in [0.25, 0.3) is 22.4 Å². The molecule has 0 radical (unpaired) electrons. The van der Waals surface area contributed by atoms with Gasteiger partial charge in [-0.3, -0.25) is 4.79 Å². The van der Waals surface area contributed by atoms with Gasteiger partial charge >= 0.3 is 0 Å². The van der Waals surface area contributed by atoms with Crippen molar-refractivity contribution < 1.29 is 14.1 Å². The van der Waals surface area contributed by atoms with Gasteiger partial charge in [-0.15, -0.1) is 0 Å². The molecule has 0 unspecified atom stereocenters. The number of carbonyl (C=O) groups excluding carboxylic acids is 1. The number of fused-ring (bicyclic) bond motifs is 2. The molecule has 0 bridgehead atoms. The number of aryl methyl sites for hydroxylation is 2. The number of rotatable bonds is 2. The number of hydrogen-bond donors (Lipinski definition) is 0. The second-order valence-corrected chi connectivity index (χ2v) is 7.14. The topological polar surface area (TPSA) is 68.5 Å². The summed E-state index contributed by atoms with van der Waals surface area (Å²) in [5.41, 5.74) is 5.06. The summed E-state index contributed by atoms with van der Waals surface area (Å²) in [4.78, 5) is 20.0. The van der Waals surface area contributed by atoms with Crippen LogP contribution in [-0.4, -0.2) is 29.2 Å². The summed E-state index contributed by atoms with van der Waals surface area (Å²) >= 11 is 0. The zero-order valence-corrected chi connectivity index (χ0v) is 16.2. The van der Waals surface area contributed by atoms with E-state index in [4.69, 9.17) is 9.26 Å². The largest absolute Gasteiger partial charge is 0.490 e. The summed E-state index contributed by atoms with van der Waals surface area (Å²) in [5, 5.41) is 4.69. The van der Waals surface area contributed by atoms with Crippen molar-refractivity contribution in [2.45, 2.75) is 13.8 Å². The van der Waals surface area contributed by atoms with Crippen LogP contribution in [-0.2, 0) is 0 Å². The second-order valence-electron chi connectivity index (χ2n) is 7.14. The number of nitrogens with zero attached hydrogens (tertiary/aromatic N) is 3. The molecular formula is C23H19N3O3. The number of aromatic nitrogens is 2. The first-order valence-corrected chi connectivity index (χ1v) is 9.49. The standard InChI is InChI=1S/C23H19N3O3/c1-14-7-9-16(10-8-14)18-13-17(21-15(2)25-29-22(21)24-18)23(27)26-11-12-28-20-6-4-3-5-19(20)26/h3-10,13H,11-12H2,1-2H3. The number of ether oxygens (including phenoxy) is 1. The maximum absolute atomic E-state index is 13.6. The number of pyridine rings is 1. The lowest BCUT2D eigenvalue weighted by Gasteiger charge is -2.29. The first-order chi connectivity index (χ1) is 14.1. The van der Waals surface area contributed by atoms with Crippen LogP contribution in [0.5, 0.6) is 5.75 Å². The zero-order chi connectivity index (χ0) is 20.0. The molecule has 1 amide bonds. The smallest absolute Gasteiger partial charge is 0.259 e. The van der Waals surface area contributed by atoms with Crippen LogP contribution in [0.2, 0.25) is 0 Å². The van der Waals surface area contributed by atoms with Crippen LogP contribution in [0.3, 0.4) is 0 Å². The molecule has 5 rings (SSSR count). The SMILES string of the molecule is Cc1ccc(-c2cc(C(=O)N3CCOc4ccccc43)c3c(C)noc3n2)cc1. The second kappa shape index (κ2) is 6.74. The highest BCUT2D eigenvalue weighted by Gasteiger charge is 2.28. The number of hydrogen-bond acceptors (Lipinski definition) is 5. The summed E-state index contributed by atoms with van der Waals surface area (Å²) in [5.74, 6) is 0.589. The van der Waals surface area contributed by atoms with Crippen molar-refractivity contribution in [1.29, 1.82) is 0 Å². The Hall–Kier alpha value is -3.67. The molecule has 3 heterocycles. The first-order valence-electron chi connectivity index (χ1n) is 9.49. The van der Waals surface area contributed by atoms with Gasteiger partial charge in [0.2, 0.25) is 0 Å². The molecule has 1 aliphatic heterocycles. The van der Waals surface area contributed by atoms with Crippen molar-refractivity contribution >= 4 is 22.7 Å². The van der Waals surface area contributed by atoms with Gasteiger partial charge in [-0.05, 0) is 32.0 Å². The maximum Gasteiger partial charge on any atom is 0.259 e. The van der Waals surface area contributed by atoms with Gasteiger partial charge in [0.15, 0.2) is 0 Å². The molecule has 4 aromatic rings. The molecule has 29 heavy (non-hydrogen) atoms. The van der Waals surface area contributed by atoms with Crippen molar-refractivity contribution in [3.05, 3.63) is 71.4 Å². The molecule has 0 fully saturated rings. The minimum Gasteiger partial charge on any atom is -0.490 e. The third-order valence-electron chi connectivity index (χ3n) is 5.17. The number of amides is 1. The summed E-state index contributed by atoms with van der Waals surface area (Å²) in [6.07, 6.45) is 0. The van der Waals surface area contributed by atoms with Crippen LogP contribution in [0.15, 0.2) is 59.1 Å². The number of benzene rings is 2. The predicted octanol–water partition coefficient (Wildman–Crippen LogP) is 4.55. The van der Waals surface area contributed by atoms with E-state index in [1.54, 1.807) is 4.90 Å². The van der Waals surface area contributed by atoms with E-state index in [0.717, 1.165) is 16.8 Å². The van der Waals surface area contributed by atoms with Gasteiger partial charge in [-0.25, -0.2) is 4.98 Å². The zero-order valence-electron chi connectivity index (χ0n) is 16.2. The van der Waals surface area contributed by atoms with Gasteiger partial charge < -0.3 is 14.2 Å². The maximum atomic E-state index is 13.6. The fourth-order valence-electron chi connectivity index (χ4n) is 3.66. The van der Waals surface area contributed by atoms with Gasteiger partial charge in [0.1, 0.15) is 12.4 Å². The highest BCUT2D eigenvalue weighted by Crippen LogP contribution is 2.34. The molecule has 0 N–H and O–H groups in total. The lowest BCUT2D eigenvalue weighted by Crippen LogP contribution is -2.38. The molecule has 6 heteroatoms. The van der Waals surface area contributed by atoms with Crippen molar-refractivity contribution in [3.8, 4) is 17.0 Å². The lowest BCUT2D eigenvalue weighted by molar-refractivity contribution is 0.0978. The van der Waals surface area contributed by atoms with E-state index in [9.17, 15) is 4.79 Å². The van der Waals surface area contributed by atoms with Gasteiger partial charge in [0.05, 0.1) is 34.6 Å². The number of para-hydroxylation sites is 2. The molecule has 6 nitrogen and oxygen atoms in total. The van der Waals surface area contributed by atoms with Crippen LogP contribution in [0.1, 0.15) is 21.6 Å². The van der Waals surface area contributed by atoms with E-state index in [1.807, 2.05) is 68.4 Å². The van der Waals surface area contributed by atoms with E-state index < -0.39 is 0 Å². The number of carbonyl (C=O) groups is 1. The fraction of sp³-hybridized carbons (Fsp3) is 0.174. The Morgan fingerprint density at radius 1 is 1.07 bits per heavy atom. The molecule has 2 aromatic carbocycles. The van der Waals surface area contributed by atoms with Crippen LogP contribution >= 0.6 is 0 Å². The Morgan fingerprint density at radius 2 is 1.86 bits per heavy atom. The quantitative estimate of drug-likeness (QED) is 0.506.